The number of nitrogens with one attached hydrogen (secondary N) is 2. The molecule has 3 aromatic carbocycles. The van der Waals surface area contributed by atoms with Crippen molar-refractivity contribution in [1.82, 2.24) is 24.8 Å². The third-order valence-corrected chi connectivity index (χ3v) is 16.7. The van der Waals surface area contributed by atoms with E-state index >= 15 is 0 Å². The van der Waals surface area contributed by atoms with Crippen molar-refractivity contribution in [3.63, 3.8) is 0 Å². The van der Waals surface area contributed by atoms with Crippen molar-refractivity contribution in [1.29, 1.82) is 0 Å². The molecule has 4 aliphatic rings. The summed E-state index contributed by atoms with van der Waals surface area (Å²) in [6, 6.07) is 21.1. The maximum atomic E-state index is 14.4. The first-order valence-electron chi connectivity index (χ1n) is 27.5. The second-order valence-corrected chi connectivity index (χ2v) is 24.3. The van der Waals surface area contributed by atoms with Crippen molar-refractivity contribution in [2.24, 2.45) is 5.92 Å². The first-order valence-corrected chi connectivity index (χ1v) is 30.1. The molecule has 428 valence electrons. The second kappa shape index (κ2) is 25.0. The summed E-state index contributed by atoms with van der Waals surface area (Å²) < 4.78 is 60.7. The van der Waals surface area contributed by atoms with Gasteiger partial charge in [-0.05, 0) is 137 Å². The van der Waals surface area contributed by atoms with E-state index in [-0.39, 0.29) is 58.6 Å². The maximum Gasteiger partial charge on any atom is 0.425 e. The van der Waals surface area contributed by atoms with Crippen LogP contribution in [0.15, 0.2) is 124 Å². The number of carbonyl (C=O) groups excluding carboxylic acids is 1. The van der Waals surface area contributed by atoms with E-state index in [1.807, 2.05) is 0 Å². The Bertz CT molecular complexity index is 3690. The van der Waals surface area contributed by atoms with Crippen molar-refractivity contribution in [3.05, 3.63) is 158 Å². The molecular formula is C60H72N9O10S2+. The van der Waals surface area contributed by atoms with Crippen molar-refractivity contribution in [2.45, 2.75) is 129 Å². The van der Waals surface area contributed by atoms with Gasteiger partial charge in [0.15, 0.2) is 16.9 Å². The number of carboxylic acid groups (broad SMARTS) is 1. The van der Waals surface area contributed by atoms with Crippen LogP contribution in [-0.2, 0) is 42.9 Å². The van der Waals surface area contributed by atoms with Crippen molar-refractivity contribution >= 4 is 72.5 Å². The minimum absolute atomic E-state index is 0.0443. The molecular weight excluding hydrogens is 1070 g/mol. The number of benzene rings is 3. The van der Waals surface area contributed by atoms with E-state index in [2.05, 4.69) is 143 Å². The molecule has 3 aliphatic heterocycles. The molecule has 2 aromatic heterocycles. The van der Waals surface area contributed by atoms with Gasteiger partial charge in [0.1, 0.15) is 12.6 Å². The quantitative estimate of drug-likeness (QED) is 0.0293. The summed E-state index contributed by atoms with van der Waals surface area (Å²) in [5, 5.41) is 14.0. The lowest BCUT2D eigenvalue weighted by molar-refractivity contribution is -0.438. The zero-order chi connectivity index (χ0) is 58.4. The Kier molecular flexibility index (Phi) is 18.4. The van der Waals surface area contributed by atoms with Crippen LogP contribution in [0.2, 0.25) is 0 Å². The van der Waals surface area contributed by atoms with E-state index in [9.17, 15) is 32.5 Å². The molecule has 81 heavy (non-hydrogen) atoms. The molecule has 19 nitrogen and oxygen atoms in total. The number of fused-ring (bicyclic) bond motifs is 3. The number of hydrogen-bond acceptors (Lipinski definition) is 14. The molecule has 0 saturated carbocycles. The topological polar surface area (TPSA) is 279 Å². The number of nitrogens with two attached hydrogens (primary N) is 1. The molecule has 6 N–H and O–H groups in total. The van der Waals surface area contributed by atoms with Gasteiger partial charge >= 0.3 is 16.6 Å². The number of nitrogens with zero attached hydrogens (tertiary/aromatic N) is 6. The van der Waals surface area contributed by atoms with Crippen LogP contribution in [0.5, 0.6) is 0 Å². The SMILES string of the molecule is CCCCC[N+]1=C(C=CC2=C(CC3C[C@@H](C(=O)O)N(C(=O)c4ccc(NCc5cnc6nc(N)[nH]c(=O)c6n5)cc4)C3)C(=CC=C3N(CCCCS(=O)(=O)O)c4ccc(C)cc4C3(C)C)CCC2)C(C)(C)c2ccccc21.O=S(=O)=O. The van der Waals surface area contributed by atoms with Gasteiger partial charge in [-0.2, -0.15) is 18.0 Å². The zero-order valence-electron chi connectivity index (χ0n) is 46.7. The van der Waals surface area contributed by atoms with Gasteiger partial charge < -0.3 is 26.0 Å². The highest BCUT2D eigenvalue weighted by Gasteiger charge is 2.45. The van der Waals surface area contributed by atoms with Crippen molar-refractivity contribution < 1.29 is 44.9 Å². The van der Waals surface area contributed by atoms with Crippen LogP contribution in [0.1, 0.15) is 132 Å². The Hall–Kier alpha value is -7.62. The number of unbranched alkanes of at least 4 members (excludes halogenated alkanes) is 3. The van der Waals surface area contributed by atoms with Crippen LogP contribution in [-0.4, -0.2) is 109 Å². The Balaban J connectivity index is 0.00000208. The Morgan fingerprint density at radius 1 is 0.938 bits per heavy atom. The number of anilines is 3. The number of para-hydroxylation sites is 1. The second-order valence-electron chi connectivity index (χ2n) is 22.3. The Labute approximate surface area is 474 Å². The number of amides is 1. The highest BCUT2D eigenvalue weighted by atomic mass is 32.2. The van der Waals surface area contributed by atoms with Crippen LogP contribution in [0.25, 0.3) is 11.2 Å². The largest absolute Gasteiger partial charge is 0.480 e. The molecule has 1 fully saturated rings. The molecule has 5 heterocycles. The summed E-state index contributed by atoms with van der Waals surface area (Å²) in [5.41, 5.74) is 18.2. The molecule has 1 saturated heterocycles. The molecule has 1 amide bonds. The van der Waals surface area contributed by atoms with Crippen LogP contribution < -0.4 is 21.5 Å². The average molecular weight is 1140 g/mol. The smallest absolute Gasteiger partial charge is 0.425 e. The molecule has 0 spiro atoms. The number of aromatic nitrogens is 4. The predicted molar refractivity (Wildman–Crippen MR) is 313 cm³/mol. The number of likely N-dealkylation sites (tertiary alicyclic amines) is 1. The van der Waals surface area contributed by atoms with Gasteiger partial charge in [0.05, 0.1) is 29.6 Å². The zero-order valence-corrected chi connectivity index (χ0v) is 48.4. The summed E-state index contributed by atoms with van der Waals surface area (Å²) in [6.45, 7) is 15.4. The molecule has 0 radical (unpaired) electrons. The van der Waals surface area contributed by atoms with E-state index in [0.717, 1.165) is 62.0 Å². The lowest BCUT2D eigenvalue weighted by atomic mass is 9.79. The molecule has 2 atom stereocenters. The van der Waals surface area contributed by atoms with Crippen LogP contribution in [0, 0.1) is 12.8 Å². The van der Waals surface area contributed by atoms with Crippen molar-refractivity contribution in [3.8, 4) is 0 Å². The molecule has 21 heteroatoms. The number of aryl methyl sites for hydroxylation is 1. The monoisotopic (exact) mass is 1140 g/mol. The fourth-order valence-electron chi connectivity index (χ4n) is 11.9. The van der Waals surface area contributed by atoms with Gasteiger partial charge in [0.25, 0.3) is 21.6 Å². The minimum atomic E-state index is -4.09. The third kappa shape index (κ3) is 13.8. The van der Waals surface area contributed by atoms with Gasteiger partial charge in [-0.1, -0.05) is 75.2 Å². The van der Waals surface area contributed by atoms with E-state index in [1.165, 1.54) is 50.3 Å². The van der Waals surface area contributed by atoms with Crippen LogP contribution in [0.4, 0.5) is 23.0 Å². The van der Waals surface area contributed by atoms with E-state index in [4.69, 9.17) is 18.4 Å². The maximum absolute atomic E-state index is 14.4. The summed E-state index contributed by atoms with van der Waals surface area (Å²) in [6.07, 6.45) is 18.4. The number of aliphatic carboxylic acids is 1. The number of allylic oxidation sites excluding steroid dienone is 8. The first-order chi connectivity index (χ1) is 38.5. The average Bonchev–Trinajstić information content (AvgIpc) is 4.16. The summed E-state index contributed by atoms with van der Waals surface area (Å²) in [7, 11) is -7.20. The number of aromatic amines is 1. The first kappa shape index (κ1) is 59.5. The Morgan fingerprint density at radius 3 is 2.40 bits per heavy atom. The fraction of sp³-hybridized carbons (Fsp3) is 0.417. The third-order valence-electron chi connectivity index (χ3n) is 15.9. The summed E-state index contributed by atoms with van der Waals surface area (Å²) >= 11 is 0. The molecule has 1 aliphatic carbocycles. The number of H-pyrrole nitrogens is 1. The summed E-state index contributed by atoms with van der Waals surface area (Å²) in [5.74, 6) is -1.87. The number of carboxylic acids is 1. The van der Waals surface area contributed by atoms with E-state index in [1.54, 1.807) is 24.3 Å². The minimum Gasteiger partial charge on any atom is -0.480 e. The number of hydrogen-bond donors (Lipinski definition) is 5. The molecule has 5 aromatic rings. The van der Waals surface area contributed by atoms with E-state index < -0.39 is 38.3 Å². The lowest BCUT2D eigenvalue weighted by Gasteiger charge is -2.28. The number of carbonyl (C=O) groups is 2. The molecule has 0 bridgehead atoms. The summed E-state index contributed by atoms with van der Waals surface area (Å²) in [4.78, 5) is 58.8. The normalized spacial score (nSPS) is 19.3. The fourth-order valence-corrected chi connectivity index (χ4v) is 12.5. The van der Waals surface area contributed by atoms with Gasteiger partial charge in [0, 0.05) is 65.3 Å². The highest BCUT2D eigenvalue weighted by Crippen LogP contribution is 2.49. The van der Waals surface area contributed by atoms with E-state index in [0.29, 0.717) is 49.2 Å². The van der Waals surface area contributed by atoms with Crippen LogP contribution >= 0.6 is 0 Å². The van der Waals surface area contributed by atoms with Gasteiger partial charge in [0.2, 0.25) is 11.6 Å². The number of rotatable bonds is 19. The molecule has 1 unspecified atom stereocenters. The predicted octanol–water partition coefficient (Wildman–Crippen LogP) is 9.10. The van der Waals surface area contributed by atoms with Crippen LogP contribution in [0.3, 0.4) is 0 Å². The lowest BCUT2D eigenvalue weighted by Crippen LogP contribution is -2.40. The van der Waals surface area contributed by atoms with Gasteiger partial charge in [-0.3, -0.25) is 19.1 Å². The van der Waals surface area contributed by atoms with Gasteiger partial charge in [-0.25, -0.2) is 14.8 Å². The standard InChI is InChI=1S/C60H71N9O7S.O3S/c1-7-8-11-29-67-48-18-10-9-17-46(48)59(3,4)51(67)27-22-40-15-14-16-41(23-28-52-60(5,6)47-32-38(2)19-26-49(47)68(52)30-12-13-31-77(74,75)76)45(40)33-39-34-50(57(72)73)69(37-39)56(71)42-20-24-43(25-21-42)62-35-44-36-63-54-53(64-44)55(70)66-58(61)65-54;1-4(2)3/h9-10,17-28,32,36,39,50H,7-8,11-16,29-31,33-35,37H2,1-6H3,(H5-,61,62,63,65,66,70,71,72,73,74,75,76);/p+1/t39?,50-;/m0./s1. The molecule has 9 rings (SSSR count). The Morgan fingerprint density at radius 2 is 1.68 bits per heavy atom. The highest BCUT2D eigenvalue weighted by molar-refractivity contribution is 7.85. The van der Waals surface area contributed by atoms with Crippen molar-refractivity contribution in [2.75, 3.05) is 41.3 Å². The number of nitrogen functional groups attached to an aromatic ring is 1. The van der Waals surface area contributed by atoms with Gasteiger partial charge in [-0.15, -0.1) is 12.6 Å².